The van der Waals surface area contributed by atoms with Gasteiger partial charge in [-0.15, -0.1) is 0 Å². The van der Waals surface area contributed by atoms with Gasteiger partial charge in [0.2, 0.25) is 11.8 Å². The highest BCUT2D eigenvalue weighted by Gasteiger charge is 2.34. The fourth-order valence-corrected chi connectivity index (χ4v) is 4.45. The summed E-state index contributed by atoms with van der Waals surface area (Å²) in [6.45, 7) is 0.702. The van der Waals surface area contributed by atoms with E-state index in [2.05, 4.69) is 16.8 Å². The van der Waals surface area contributed by atoms with Gasteiger partial charge < -0.3 is 10.2 Å². The fourth-order valence-electron chi connectivity index (χ4n) is 3.74. The van der Waals surface area contributed by atoms with E-state index in [9.17, 15) is 9.59 Å². The zero-order valence-electron chi connectivity index (χ0n) is 13.6. The number of amides is 2. The summed E-state index contributed by atoms with van der Waals surface area (Å²) >= 11 is 1.66. The first kappa shape index (κ1) is 16.5. The monoisotopic (exact) mass is 334 g/mol. The molecule has 1 saturated heterocycles. The van der Waals surface area contributed by atoms with Crippen molar-refractivity contribution in [2.75, 3.05) is 6.54 Å². The van der Waals surface area contributed by atoms with Crippen LogP contribution in [0.5, 0.6) is 0 Å². The number of carbonyl (C=O) groups excluding carboxylic acids is 2. The van der Waals surface area contributed by atoms with E-state index in [1.807, 2.05) is 10.3 Å². The zero-order valence-corrected chi connectivity index (χ0v) is 14.4. The molecule has 2 amide bonds. The topological polar surface area (TPSA) is 49.4 Å². The van der Waals surface area contributed by atoms with Crippen molar-refractivity contribution < 1.29 is 9.59 Å². The van der Waals surface area contributed by atoms with Gasteiger partial charge in [-0.1, -0.05) is 25.7 Å². The summed E-state index contributed by atoms with van der Waals surface area (Å²) in [6.07, 6.45) is 9.06. The highest BCUT2D eigenvalue weighted by Crippen LogP contribution is 2.25. The summed E-state index contributed by atoms with van der Waals surface area (Å²) in [5.41, 5.74) is 1.22. The number of hydrogen-bond acceptors (Lipinski definition) is 3. The molecule has 126 valence electrons. The second kappa shape index (κ2) is 7.95. The van der Waals surface area contributed by atoms with Gasteiger partial charge in [0.25, 0.3) is 0 Å². The number of thiophene rings is 1. The minimum atomic E-state index is 0.000674. The first-order valence-electron chi connectivity index (χ1n) is 8.82. The molecule has 5 heteroatoms. The number of rotatable bonds is 5. The van der Waals surface area contributed by atoms with Crippen molar-refractivity contribution in [2.24, 2.45) is 0 Å². The number of nitrogens with one attached hydrogen (secondary N) is 1. The van der Waals surface area contributed by atoms with Gasteiger partial charge in [-0.2, -0.15) is 11.3 Å². The summed E-state index contributed by atoms with van der Waals surface area (Å²) < 4.78 is 0. The van der Waals surface area contributed by atoms with Crippen molar-refractivity contribution in [3.05, 3.63) is 22.4 Å². The maximum atomic E-state index is 12.3. The van der Waals surface area contributed by atoms with Gasteiger partial charge in [0.05, 0.1) is 6.04 Å². The highest BCUT2D eigenvalue weighted by atomic mass is 32.1. The molecule has 1 saturated carbocycles. The van der Waals surface area contributed by atoms with Crippen molar-refractivity contribution >= 4 is 23.2 Å². The lowest BCUT2D eigenvalue weighted by Crippen LogP contribution is -2.40. The highest BCUT2D eigenvalue weighted by molar-refractivity contribution is 7.07. The Morgan fingerprint density at radius 3 is 2.74 bits per heavy atom. The Labute approximate surface area is 142 Å². The molecule has 0 aromatic carbocycles. The van der Waals surface area contributed by atoms with Crippen LogP contribution >= 0.6 is 11.3 Å². The molecule has 1 aliphatic carbocycles. The van der Waals surface area contributed by atoms with Crippen LogP contribution in [0.25, 0.3) is 0 Å². The Morgan fingerprint density at radius 2 is 2.04 bits per heavy atom. The van der Waals surface area contributed by atoms with E-state index in [1.165, 1.54) is 31.2 Å². The molecular formula is C18H26N2O2S. The third-order valence-corrected chi connectivity index (χ3v) is 5.74. The van der Waals surface area contributed by atoms with Crippen molar-refractivity contribution in [2.45, 2.75) is 69.9 Å². The van der Waals surface area contributed by atoms with Crippen LogP contribution in [0.1, 0.15) is 56.9 Å². The average molecular weight is 334 g/mol. The molecule has 0 spiro atoms. The second-order valence-electron chi connectivity index (χ2n) is 6.79. The van der Waals surface area contributed by atoms with Gasteiger partial charge in [-0.05, 0) is 41.7 Å². The fraction of sp³-hybridized carbons (Fsp3) is 0.667. The molecule has 1 atom stereocenters. The predicted octanol–water partition coefficient (Wildman–Crippen LogP) is 3.12. The Kier molecular flexibility index (Phi) is 5.70. The van der Waals surface area contributed by atoms with Gasteiger partial charge in [0.1, 0.15) is 0 Å². The van der Waals surface area contributed by atoms with E-state index < -0.39 is 0 Å². The summed E-state index contributed by atoms with van der Waals surface area (Å²) in [5.74, 6) is 0.289. The third-order valence-electron chi connectivity index (χ3n) is 5.01. The van der Waals surface area contributed by atoms with E-state index >= 15 is 0 Å². The average Bonchev–Trinajstić information content (AvgIpc) is 3.08. The molecule has 0 radical (unpaired) electrons. The second-order valence-corrected chi connectivity index (χ2v) is 7.57. The molecule has 3 rings (SSSR count). The van der Waals surface area contributed by atoms with E-state index in [1.54, 1.807) is 11.3 Å². The molecule has 1 aromatic rings. The van der Waals surface area contributed by atoms with Crippen LogP contribution in [0.15, 0.2) is 16.8 Å². The normalized spacial score (nSPS) is 23.0. The Morgan fingerprint density at radius 1 is 1.26 bits per heavy atom. The lowest BCUT2D eigenvalue weighted by atomic mass is 10.1. The summed E-state index contributed by atoms with van der Waals surface area (Å²) in [7, 11) is 0. The molecule has 2 aliphatic rings. The van der Waals surface area contributed by atoms with Crippen LogP contribution in [0, 0.1) is 0 Å². The van der Waals surface area contributed by atoms with Crippen LogP contribution < -0.4 is 5.32 Å². The first-order valence-corrected chi connectivity index (χ1v) is 9.76. The minimum absolute atomic E-state index is 0.000674. The number of aryl methyl sites for hydroxylation is 1. The lowest BCUT2D eigenvalue weighted by Gasteiger charge is -2.27. The summed E-state index contributed by atoms with van der Waals surface area (Å²) in [4.78, 5) is 26.4. The standard InChI is InChI=1S/C18H26N2O2S/c21-17(8-7-14-9-10-23-13-14)19-15-11-18(22)20(12-15)16-5-3-1-2-4-6-16/h9-10,13,15-16H,1-8,11-12H2,(H,19,21). The predicted molar refractivity (Wildman–Crippen MR) is 92.4 cm³/mol. The Balaban J connectivity index is 1.46. The number of nitrogens with zero attached hydrogens (tertiary/aromatic N) is 1. The molecule has 2 heterocycles. The zero-order chi connectivity index (χ0) is 16.1. The van der Waals surface area contributed by atoms with Gasteiger partial charge in [0, 0.05) is 25.4 Å². The molecule has 0 bridgehead atoms. The van der Waals surface area contributed by atoms with Gasteiger partial charge >= 0.3 is 0 Å². The molecule has 1 N–H and O–H groups in total. The van der Waals surface area contributed by atoms with Crippen LogP contribution in [-0.4, -0.2) is 35.3 Å². The van der Waals surface area contributed by atoms with Gasteiger partial charge in [-0.25, -0.2) is 0 Å². The van der Waals surface area contributed by atoms with Crippen LogP contribution in [-0.2, 0) is 16.0 Å². The van der Waals surface area contributed by atoms with Crippen molar-refractivity contribution in [3.8, 4) is 0 Å². The van der Waals surface area contributed by atoms with Gasteiger partial charge in [0.15, 0.2) is 0 Å². The SMILES string of the molecule is O=C(CCc1ccsc1)NC1CC(=O)N(C2CCCCCC2)C1. The molecule has 1 unspecified atom stereocenters. The Hall–Kier alpha value is -1.36. The maximum Gasteiger partial charge on any atom is 0.225 e. The van der Waals surface area contributed by atoms with Crippen molar-refractivity contribution in [1.29, 1.82) is 0 Å². The lowest BCUT2D eigenvalue weighted by molar-refractivity contribution is -0.129. The van der Waals surface area contributed by atoms with Crippen molar-refractivity contribution in [1.82, 2.24) is 10.2 Å². The van der Waals surface area contributed by atoms with E-state index in [-0.39, 0.29) is 17.9 Å². The van der Waals surface area contributed by atoms with Crippen LogP contribution in [0.3, 0.4) is 0 Å². The smallest absolute Gasteiger partial charge is 0.225 e. The van der Waals surface area contributed by atoms with Crippen molar-refractivity contribution in [3.63, 3.8) is 0 Å². The van der Waals surface area contributed by atoms with Gasteiger partial charge in [-0.3, -0.25) is 9.59 Å². The van der Waals surface area contributed by atoms with Crippen LogP contribution in [0.2, 0.25) is 0 Å². The molecule has 4 nitrogen and oxygen atoms in total. The Bertz CT molecular complexity index is 521. The van der Waals surface area contributed by atoms with E-state index in [0.29, 0.717) is 25.4 Å². The van der Waals surface area contributed by atoms with E-state index in [4.69, 9.17) is 0 Å². The largest absolute Gasteiger partial charge is 0.351 e. The molecule has 23 heavy (non-hydrogen) atoms. The third kappa shape index (κ3) is 4.56. The number of hydrogen-bond donors (Lipinski definition) is 1. The molecule has 1 aromatic heterocycles. The molecule has 2 fully saturated rings. The maximum absolute atomic E-state index is 12.3. The van der Waals surface area contributed by atoms with Crippen LogP contribution in [0.4, 0.5) is 0 Å². The summed E-state index contributed by atoms with van der Waals surface area (Å²) in [5, 5.41) is 7.18. The molecule has 1 aliphatic heterocycles. The number of carbonyl (C=O) groups is 2. The minimum Gasteiger partial charge on any atom is -0.351 e. The number of likely N-dealkylation sites (tertiary alicyclic amines) is 1. The first-order chi connectivity index (χ1) is 11.2. The van der Waals surface area contributed by atoms with E-state index in [0.717, 1.165) is 19.3 Å². The molecular weight excluding hydrogens is 308 g/mol. The summed E-state index contributed by atoms with van der Waals surface area (Å²) in [6, 6.07) is 2.46. The quantitative estimate of drug-likeness (QED) is 0.841.